The number of Topliss-reactive ketones (excluding diaryl/α,β-unsaturated/α-hetero) is 1. The number of halogens is 1. The third-order valence-electron chi connectivity index (χ3n) is 6.92. The fourth-order valence-corrected chi connectivity index (χ4v) is 4.97. The van der Waals surface area contributed by atoms with E-state index in [-0.39, 0.29) is 17.8 Å². The second-order valence-corrected chi connectivity index (χ2v) is 10.3. The Morgan fingerprint density at radius 3 is 2.14 bits per heavy atom. The number of hydrogen-bond donors (Lipinski definition) is 2. The predicted molar refractivity (Wildman–Crippen MR) is 166 cm³/mol. The second-order valence-electron chi connectivity index (χ2n) is 9.88. The summed E-state index contributed by atoms with van der Waals surface area (Å²) in [6.07, 6.45) is 0.149. The highest BCUT2D eigenvalue weighted by molar-refractivity contribution is 6.31. The number of carbonyl (C=O) groups is 3. The first-order chi connectivity index (χ1) is 20.7. The molecule has 0 fully saturated rings. The lowest BCUT2D eigenvalue weighted by Gasteiger charge is -2.21. The Morgan fingerprint density at radius 2 is 1.51 bits per heavy atom. The molecule has 1 atom stereocenters. The smallest absolute Gasteiger partial charge is 0.335 e. The standard InChI is InChI=1S/C34H26ClN3O5/c1-21(39)27-17-14-25(35)19-28(27)29-20-31(40)38(37-32(29)23-10-6-3-7-11-23)30(18-22-8-4-2-5-9-22)33(41)36-26-15-12-24(13-16-26)34(42)43/h2-17,19-20,30H,18H2,1H3,(H,36,41)(H,42,43)/t30-/m0/s1. The van der Waals surface area contributed by atoms with E-state index in [1.165, 1.54) is 37.3 Å². The summed E-state index contributed by atoms with van der Waals surface area (Å²) in [4.78, 5) is 51.4. The number of carbonyl (C=O) groups excluding carboxylic acids is 2. The van der Waals surface area contributed by atoms with E-state index in [0.717, 1.165) is 10.2 Å². The van der Waals surface area contributed by atoms with Crippen LogP contribution >= 0.6 is 11.6 Å². The number of carboxylic acid groups (broad SMARTS) is 1. The molecule has 214 valence electrons. The Bertz CT molecular complexity index is 1870. The number of anilines is 1. The van der Waals surface area contributed by atoms with Gasteiger partial charge in [0.1, 0.15) is 6.04 Å². The van der Waals surface area contributed by atoms with Crippen molar-refractivity contribution in [3.05, 3.63) is 141 Å². The number of amides is 1. The van der Waals surface area contributed by atoms with Crippen LogP contribution in [0.2, 0.25) is 5.02 Å². The maximum Gasteiger partial charge on any atom is 0.335 e. The molecule has 0 spiro atoms. The highest BCUT2D eigenvalue weighted by Crippen LogP contribution is 2.34. The average molecular weight is 592 g/mol. The van der Waals surface area contributed by atoms with Gasteiger partial charge in [-0.1, -0.05) is 72.3 Å². The molecular formula is C34H26ClN3O5. The van der Waals surface area contributed by atoms with Gasteiger partial charge in [-0.25, -0.2) is 9.48 Å². The van der Waals surface area contributed by atoms with Crippen molar-refractivity contribution in [1.82, 2.24) is 9.78 Å². The van der Waals surface area contributed by atoms with Crippen LogP contribution in [0.5, 0.6) is 0 Å². The minimum absolute atomic E-state index is 0.0748. The number of benzene rings is 4. The summed E-state index contributed by atoms with van der Waals surface area (Å²) in [5, 5.41) is 17.2. The molecule has 4 aromatic carbocycles. The van der Waals surface area contributed by atoms with Crippen molar-refractivity contribution >= 4 is 34.9 Å². The van der Waals surface area contributed by atoms with Gasteiger partial charge in [-0.05, 0) is 60.5 Å². The lowest BCUT2D eigenvalue weighted by atomic mass is 9.94. The SMILES string of the molecule is CC(=O)c1ccc(Cl)cc1-c1cc(=O)n([C@@H](Cc2ccccc2)C(=O)Nc2ccc(C(=O)O)cc2)nc1-c1ccccc1. The topological polar surface area (TPSA) is 118 Å². The molecule has 0 aliphatic heterocycles. The maximum absolute atomic E-state index is 13.8. The van der Waals surface area contributed by atoms with Gasteiger partial charge in [0.25, 0.3) is 5.56 Å². The molecule has 2 N–H and O–H groups in total. The Labute approximate surface area is 252 Å². The van der Waals surface area contributed by atoms with Crippen LogP contribution in [-0.2, 0) is 11.2 Å². The molecule has 0 bridgehead atoms. The fraction of sp³-hybridized carbons (Fsp3) is 0.0882. The third-order valence-corrected chi connectivity index (χ3v) is 7.16. The van der Waals surface area contributed by atoms with E-state index in [4.69, 9.17) is 16.7 Å². The Balaban J connectivity index is 1.67. The second kappa shape index (κ2) is 12.7. The Morgan fingerprint density at radius 1 is 0.860 bits per heavy atom. The van der Waals surface area contributed by atoms with E-state index in [1.807, 2.05) is 60.7 Å². The molecule has 1 aromatic heterocycles. The van der Waals surface area contributed by atoms with Crippen molar-refractivity contribution in [2.75, 3.05) is 5.32 Å². The van der Waals surface area contributed by atoms with E-state index in [9.17, 15) is 24.3 Å². The quantitative estimate of drug-likeness (QED) is 0.188. The minimum atomic E-state index is -1.09. The summed E-state index contributed by atoms with van der Waals surface area (Å²) < 4.78 is 1.15. The van der Waals surface area contributed by atoms with Gasteiger partial charge in [-0.2, -0.15) is 5.10 Å². The molecule has 5 rings (SSSR count). The van der Waals surface area contributed by atoms with Gasteiger partial charge in [0.2, 0.25) is 5.91 Å². The zero-order chi connectivity index (χ0) is 30.5. The minimum Gasteiger partial charge on any atom is -0.478 e. The van der Waals surface area contributed by atoms with Crippen LogP contribution in [0.25, 0.3) is 22.4 Å². The van der Waals surface area contributed by atoms with Crippen LogP contribution in [0.15, 0.2) is 114 Å². The molecular weight excluding hydrogens is 566 g/mol. The van der Waals surface area contributed by atoms with Crippen LogP contribution in [0.3, 0.4) is 0 Å². The summed E-state index contributed by atoms with van der Waals surface area (Å²) in [5.41, 5.74) is 2.99. The van der Waals surface area contributed by atoms with Gasteiger partial charge in [0.15, 0.2) is 5.78 Å². The van der Waals surface area contributed by atoms with Gasteiger partial charge in [-0.15, -0.1) is 0 Å². The van der Waals surface area contributed by atoms with E-state index < -0.39 is 23.5 Å². The van der Waals surface area contributed by atoms with Gasteiger partial charge in [-0.3, -0.25) is 14.4 Å². The average Bonchev–Trinajstić information content (AvgIpc) is 3.01. The van der Waals surface area contributed by atoms with Crippen LogP contribution < -0.4 is 10.9 Å². The molecule has 8 nitrogen and oxygen atoms in total. The Hall–Kier alpha value is -5.34. The molecule has 43 heavy (non-hydrogen) atoms. The molecule has 0 aliphatic rings. The van der Waals surface area contributed by atoms with E-state index in [1.54, 1.807) is 18.2 Å². The van der Waals surface area contributed by atoms with Crippen molar-refractivity contribution in [2.45, 2.75) is 19.4 Å². The number of carboxylic acids is 1. The first-order valence-corrected chi connectivity index (χ1v) is 13.8. The summed E-state index contributed by atoms with van der Waals surface area (Å²) in [5.74, 6) is -1.80. The summed E-state index contributed by atoms with van der Waals surface area (Å²) in [7, 11) is 0. The fourth-order valence-electron chi connectivity index (χ4n) is 4.80. The molecule has 1 amide bonds. The largest absolute Gasteiger partial charge is 0.478 e. The predicted octanol–water partition coefficient (Wildman–Crippen LogP) is 6.55. The highest BCUT2D eigenvalue weighted by Gasteiger charge is 2.26. The van der Waals surface area contributed by atoms with Gasteiger partial charge >= 0.3 is 5.97 Å². The van der Waals surface area contributed by atoms with Crippen LogP contribution in [0.4, 0.5) is 5.69 Å². The number of rotatable bonds is 9. The van der Waals surface area contributed by atoms with Crippen LogP contribution in [-0.4, -0.2) is 32.5 Å². The summed E-state index contributed by atoms with van der Waals surface area (Å²) in [6, 6.07) is 29.3. The monoisotopic (exact) mass is 591 g/mol. The number of hydrogen-bond acceptors (Lipinski definition) is 5. The zero-order valence-corrected chi connectivity index (χ0v) is 23.8. The molecule has 1 heterocycles. The molecule has 0 radical (unpaired) electrons. The Kier molecular flexibility index (Phi) is 8.59. The summed E-state index contributed by atoms with van der Waals surface area (Å²) >= 11 is 6.33. The molecule has 5 aromatic rings. The van der Waals surface area contributed by atoms with Gasteiger partial charge in [0, 0.05) is 39.9 Å². The number of nitrogens with zero attached hydrogens (tertiary/aromatic N) is 2. The van der Waals surface area contributed by atoms with Crippen molar-refractivity contribution in [3.63, 3.8) is 0 Å². The maximum atomic E-state index is 13.8. The number of aromatic nitrogens is 2. The third kappa shape index (κ3) is 6.60. The van der Waals surface area contributed by atoms with Gasteiger partial charge < -0.3 is 10.4 Å². The van der Waals surface area contributed by atoms with Crippen molar-refractivity contribution in [1.29, 1.82) is 0 Å². The molecule has 0 saturated carbocycles. The highest BCUT2D eigenvalue weighted by atomic mass is 35.5. The zero-order valence-electron chi connectivity index (χ0n) is 23.0. The van der Waals surface area contributed by atoms with Crippen LogP contribution in [0.1, 0.15) is 39.2 Å². The van der Waals surface area contributed by atoms with Crippen molar-refractivity contribution in [3.8, 4) is 22.4 Å². The number of ketones is 1. The number of aromatic carboxylic acids is 1. The van der Waals surface area contributed by atoms with E-state index >= 15 is 0 Å². The number of nitrogens with one attached hydrogen (secondary N) is 1. The van der Waals surface area contributed by atoms with Gasteiger partial charge in [0.05, 0.1) is 11.3 Å². The van der Waals surface area contributed by atoms with Crippen molar-refractivity contribution in [2.24, 2.45) is 0 Å². The molecule has 0 unspecified atom stereocenters. The molecule has 0 aliphatic carbocycles. The lowest BCUT2D eigenvalue weighted by molar-refractivity contribution is -0.119. The van der Waals surface area contributed by atoms with E-state index in [0.29, 0.717) is 38.7 Å². The molecule has 9 heteroatoms. The first-order valence-electron chi connectivity index (χ1n) is 13.4. The first kappa shape index (κ1) is 29.2. The van der Waals surface area contributed by atoms with Crippen molar-refractivity contribution < 1.29 is 19.5 Å². The summed E-state index contributed by atoms with van der Waals surface area (Å²) in [6.45, 7) is 1.44. The van der Waals surface area contributed by atoms with E-state index in [2.05, 4.69) is 5.32 Å². The molecule has 0 saturated heterocycles. The normalized spacial score (nSPS) is 11.5. The van der Waals surface area contributed by atoms with Crippen LogP contribution in [0, 0.1) is 0 Å². The lowest BCUT2D eigenvalue weighted by Crippen LogP contribution is -2.36.